The normalized spacial score (nSPS) is 11.9. The van der Waals surface area contributed by atoms with Crippen LogP contribution in [0.3, 0.4) is 0 Å². The van der Waals surface area contributed by atoms with Gasteiger partial charge < -0.3 is 15.0 Å². The minimum atomic E-state index is -3.69. The van der Waals surface area contributed by atoms with Crippen LogP contribution in [0.25, 0.3) is 0 Å². The number of nitrogens with zero attached hydrogens (tertiary/aromatic N) is 2. The van der Waals surface area contributed by atoms with Crippen molar-refractivity contribution in [1.82, 2.24) is 10.2 Å². The van der Waals surface area contributed by atoms with E-state index in [1.54, 1.807) is 42.5 Å². The summed E-state index contributed by atoms with van der Waals surface area (Å²) >= 11 is 0. The van der Waals surface area contributed by atoms with Gasteiger partial charge in [-0.2, -0.15) is 0 Å². The fourth-order valence-corrected chi connectivity index (χ4v) is 5.66. The number of methoxy groups -OCH3 is 1. The molecule has 0 aliphatic rings. The van der Waals surface area contributed by atoms with E-state index in [1.807, 2.05) is 37.3 Å². The molecule has 3 aromatic carbocycles. The molecule has 8 nitrogen and oxygen atoms in total. The molecule has 0 saturated carbocycles. The molecule has 1 unspecified atom stereocenters. The summed E-state index contributed by atoms with van der Waals surface area (Å²) in [7, 11) is -2.23. The van der Waals surface area contributed by atoms with E-state index in [2.05, 4.69) is 5.32 Å². The summed E-state index contributed by atoms with van der Waals surface area (Å²) in [6.45, 7) is 2.40. The molecule has 0 saturated heterocycles. The van der Waals surface area contributed by atoms with Crippen LogP contribution in [0.5, 0.6) is 5.75 Å². The van der Waals surface area contributed by atoms with Crippen molar-refractivity contribution in [3.63, 3.8) is 0 Å². The van der Waals surface area contributed by atoms with E-state index in [-0.39, 0.29) is 49.7 Å². The Labute approximate surface area is 248 Å². The molecule has 10 heteroatoms. The predicted octanol–water partition coefficient (Wildman–Crippen LogP) is 4.94. The molecule has 3 aromatic rings. The van der Waals surface area contributed by atoms with Crippen molar-refractivity contribution >= 4 is 27.5 Å². The Morgan fingerprint density at radius 1 is 0.952 bits per heavy atom. The molecule has 0 radical (unpaired) electrons. The van der Waals surface area contributed by atoms with Gasteiger partial charge in [-0.25, -0.2) is 12.8 Å². The molecule has 1 atom stereocenters. The van der Waals surface area contributed by atoms with Gasteiger partial charge in [-0.05, 0) is 36.6 Å². The average Bonchev–Trinajstić information content (AvgIpc) is 2.98. The van der Waals surface area contributed by atoms with Crippen molar-refractivity contribution in [2.45, 2.75) is 51.6 Å². The molecule has 0 fully saturated rings. The summed E-state index contributed by atoms with van der Waals surface area (Å²) in [5.41, 5.74) is 1.52. The lowest BCUT2D eigenvalue weighted by Crippen LogP contribution is -2.50. The lowest BCUT2D eigenvalue weighted by molar-refractivity contribution is -0.141. The van der Waals surface area contributed by atoms with E-state index in [0.29, 0.717) is 18.0 Å². The Balaban J connectivity index is 1.89. The van der Waals surface area contributed by atoms with E-state index < -0.39 is 21.9 Å². The zero-order chi connectivity index (χ0) is 30.5. The molecule has 0 heterocycles. The van der Waals surface area contributed by atoms with Crippen molar-refractivity contribution in [2.75, 3.05) is 30.8 Å². The summed E-state index contributed by atoms with van der Waals surface area (Å²) in [6, 6.07) is 21.4. The Morgan fingerprint density at radius 2 is 1.62 bits per heavy atom. The second kappa shape index (κ2) is 15.9. The summed E-state index contributed by atoms with van der Waals surface area (Å²) in [5, 5.41) is 2.94. The van der Waals surface area contributed by atoms with Crippen LogP contribution < -0.4 is 14.4 Å². The van der Waals surface area contributed by atoms with Gasteiger partial charge in [0, 0.05) is 38.0 Å². The fraction of sp³-hybridized carbons (Fsp3) is 0.375. The van der Waals surface area contributed by atoms with Crippen LogP contribution in [0.2, 0.25) is 0 Å². The molecule has 2 amide bonds. The number of hydrogen-bond acceptors (Lipinski definition) is 5. The van der Waals surface area contributed by atoms with Crippen LogP contribution in [-0.2, 0) is 32.6 Å². The smallest absolute Gasteiger partial charge is 0.243 e. The van der Waals surface area contributed by atoms with Crippen LogP contribution in [0.15, 0.2) is 78.9 Å². The largest absolute Gasteiger partial charge is 0.495 e. The van der Waals surface area contributed by atoms with Gasteiger partial charge >= 0.3 is 0 Å². The first-order valence-electron chi connectivity index (χ1n) is 14.1. The molecule has 42 heavy (non-hydrogen) atoms. The van der Waals surface area contributed by atoms with Crippen LogP contribution in [0, 0.1) is 5.82 Å². The number of anilines is 1. The number of carbonyl (C=O) groups is 2. The molecule has 0 aliphatic carbocycles. The highest BCUT2D eigenvalue weighted by molar-refractivity contribution is 7.92. The number of halogens is 1. The van der Waals surface area contributed by atoms with Gasteiger partial charge in [0.05, 0.1) is 19.1 Å². The average molecular weight is 598 g/mol. The molecule has 1 N–H and O–H groups in total. The molecule has 226 valence electrons. The second-order valence-electron chi connectivity index (χ2n) is 10.1. The summed E-state index contributed by atoms with van der Waals surface area (Å²) in [4.78, 5) is 28.8. The van der Waals surface area contributed by atoms with Crippen molar-refractivity contribution < 1.29 is 27.1 Å². The Bertz CT molecular complexity index is 1420. The second-order valence-corrected chi connectivity index (χ2v) is 12.0. The zero-order valence-corrected chi connectivity index (χ0v) is 25.3. The third-order valence-corrected chi connectivity index (χ3v) is 8.09. The molecule has 3 rings (SSSR count). The predicted molar refractivity (Wildman–Crippen MR) is 163 cm³/mol. The number of ether oxygens (including phenoxy) is 1. The van der Waals surface area contributed by atoms with Crippen LogP contribution in [0.4, 0.5) is 10.1 Å². The van der Waals surface area contributed by atoms with E-state index in [0.717, 1.165) is 24.7 Å². The number of nitrogens with one attached hydrogen (secondary N) is 1. The standard InChI is InChI=1S/C32H40FN3O5S/c1-4-5-21-34-32(38)29(23-25-14-7-6-8-15-25)35(24-26-16-9-10-17-27(26)33)31(37)20-13-22-36(42(3,39)40)28-18-11-12-19-30(28)41-2/h6-12,14-19,29H,4-5,13,20-24H2,1-3H3,(H,34,38). The number of benzene rings is 3. The van der Waals surface area contributed by atoms with Gasteiger partial charge in [-0.15, -0.1) is 0 Å². The first kappa shape index (κ1) is 32.6. The Hall–Kier alpha value is -3.92. The fourth-order valence-electron chi connectivity index (χ4n) is 4.69. The minimum absolute atomic E-state index is 0.0184. The van der Waals surface area contributed by atoms with E-state index >= 15 is 0 Å². The zero-order valence-electron chi connectivity index (χ0n) is 24.5. The van der Waals surface area contributed by atoms with Gasteiger partial charge in [-0.1, -0.05) is 74.0 Å². The third-order valence-electron chi connectivity index (χ3n) is 6.91. The molecular formula is C32H40FN3O5S. The molecule has 0 aliphatic heterocycles. The third kappa shape index (κ3) is 9.30. The Morgan fingerprint density at radius 3 is 2.29 bits per heavy atom. The number of hydrogen-bond donors (Lipinski definition) is 1. The molecule has 0 spiro atoms. The number of rotatable bonds is 16. The Kier molecular flexibility index (Phi) is 12.3. The summed E-state index contributed by atoms with van der Waals surface area (Å²) < 4.78 is 46.7. The number of unbranched alkanes of at least 4 members (excludes halogenated alkanes) is 1. The van der Waals surface area contributed by atoms with E-state index in [1.165, 1.54) is 22.4 Å². The maximum absolute atomic E-state index is 14.8. The number of sulfonamides is 1. The lowest BCUT2D eigenvalue weighted by Gasteiger charge is -2.32. The number of carbonyl (C=O) groups excluding carboxylic acids is 2. The monoisotopic (exact) mass is 597 g/mol. The van der Waals surface area contributed by atoms with Crippen LogP contribution >= 0.6 is 0 Å². The van der Waals surface area contributed by atoms with Gasteiger partial charge in [-0.3, -0.25) is 13.9 Å². The van der Waals surface area contributed by atoms with Crippen LogP contribution in [0.1, 0.15) is 43.7 Å². The van der Waals surface area contributed by atoms with E-state index in [4.69, 9.17) is 4.74 Å². The van der Waals surface area contributed by atoms with Crippen molar-refractivity contribution in [2.24, 2.45) is 0 Å². The minimum Gasteiger partial charge on any atom is -0.495 e. The molecule has 0 bridgehead atoms. The maximum atomic E-state index is 14.8. The highest BCUT2D eigenvalue weighted by atomic mass is 32.2. The summed E-state index contributed by atoms with van der Waals surface area (Å²) in [6.07, 6.45) is 3.15. The van der Waals surface area contributed by atoms with Crippen molar-refractivity contribution in [3.8, 4) is 5.75 Å². The first-order valence-corrected chi connectivity index (χ1v) is 16.0. The molecular weight excluding hydrogens is 557 g/mol. The van der Waals surface area contributed by atoms with Crippen molar-refractivity contribution in [3.05, 3.63) is 95.8 Å². The van der Waals surface area contributed by atoms with Gasteiger partial charge in [0.1, 0.15) is 17.6 Å². The lowest BCUT2D eigenvalue weighted by atomic mass is 10.0. The highest BCUT2D eigenvalue weighted by Gasteiger charge is 2.31. The quantitative estimate of drug-likeness (QED) is 0.236. The van der Waals surface area contributed by atoms with E-state index in [9.17, 15) is 22.4 Å². The van der Waals surface area contributed by atoms with Gasteiger partial charge in [0.2, 0.25) is 21.8 Å². The highest BCUT2D eigenvalue weighted by Crippen LogP contribution is 2.30. The SMILES string of the molecule is CCCCNC(=O)C(Cc1ccccc1)N(Cc1ccccc1F)C(=O)CCCN(c1ccccc1OC)S(C)(=O)=O. The topological polar surface area (TPSA) is 96.0 Å². The maximum Gasteiger partial charge on any atom is 0.243 e. The molecule has 0 aromatic heterocycles. The van der Waals surface area contributed by atoms with Crippen LogP contribution in [-0.4, -0.2) is 57.6 Å². The van der Waals surface area contributed by atoms with Gasteiger partial charge in [0.15, 0.2) is 0 Å². The first-order chi connectivity index (χ1) is 20.2. The van der Waals surface area contributed by atoms with Gasteiger partial charge in [0.25, 0.3) is 0 Å². The number of para-hydroxylation sites is 2. The number of amides is 2. The summed E-state index contributed by atoms with van der Waals surface area (Å²) in [5.74, 6) is -0.774. The van der Waals surface area contributed by atoms with Crippen molar-refractivity contribution in [1.29, 1.82) is 0 Å².